The van der Waals surface area contributed by atoms with Gasteiger partial charge < -0.3 is 5.32 Å². The summed E-state index contributed by atoms with van der Waals surface area (Å²) in [5, 5.41) is 11.0. The lowest BCUT2D eigenvalue weighted by atomic mass is 9.95. The van der Waals surface area contributed by atoms with E-state index in [1.807, 2.05) is 13.8 Å². The van der Waals surface area contributed by atoms with Crippen molar-refractivity contribution in [1.29, 1.82) is 0 Å². The summed E-state index contributed by atoms with van der Waals surface area (Å²) in [6.45, 7) is 8.97. The maximum atomic E-state index is 13.0. The number of nitrogens with zero attached hydrogens (tertiary/aromatic N) is 3. The third-order valence-corrected chi connectivity index (χ3v) is 7.15. The summed E-state index contributed by atoms with van der Waals surface area (Å²) in [4.78, 5) is 8.88. The van der Waals surface area contributed by atoms with Gasteiger partial charge in [0.25, 0.3) is 0 Å². The Balaban J connectivity index is 2.21. The molecule has 136 valence electrons. The molecule has 9 heteroatoms. The van der Waals surface area contributed by atoms with Gasteiger partial charge in [-0.25, -0.2) is 18.4 Å². The highest BCUT2D eigenvalue weighted by molar-refractivity contribution is 7.93. The van der Waals surface area contributed by atoms with E-state index >= 15 is 0 Å². The number of sulfone groups is 1. The molecule has 0 bridgehead atoms. The fraction of sp³-hybridized carbons (Fsp3) is 0.353. The fourth-order valence-electron chi connectivity index (χ4n) is 2.63. The van der Waals surface area contributed by atoms with Crippen LogP contribution in [0.2, 0.25) is 0 Å². The second-order valence-electron chi connectivity index (χ2n) is 7.42. The van der Waals surface area contributed by atoms with Gasteiger partial charge in [-0.15, -0.1) is 0 Å². The van der Waals surface area contributed by atoms with Gasteiger partial charge in [0.2, 0.25) is 0 Å². The SMILES string of the molecule is Bc1cc2ncnc(Nc3n[nH]c(C)c3C)c2cc1S(=O)(=O)C(C)(C)C. The van der Waals surface area contributed by atoms with Crippen LogP contribution in [-0.2, 0) is 9.84 Å². The van der Waals surface area contributed by atoms with E-state index in [2.05, 4.69) is 25.5 Å². The van der Waals surface area contributed by atoms with Crippen molar-refractivity contribution in [3.8, 4) is 0 Å². The first kappa shape index (κ1) is 18.4. The molecule has 0 unspecified atom stereocenters. The van der Waals surface area contributed by atoms with Crippen molar-refractivity contribution in [3.63, 3.8) is 0 Å². The van der Waals surface area contributed by atoms with E-state index in [0.29, 0.717) is 32.9 Å². The predicted octanol–water partition coefficient (Wildman–Crippen LogP) is 1.54. The molecular weight excluding hydrogens is 349 g/mol. The number of benzene rings is 1. The summed E-state index contributed by atoms with van der Waals surface area (Å²) < 4.78 is 25.0. The molecule has 26 heavy (non-hydrogen) atoms. The zero-order valence-corrected chi connectivity index (χ0v) is 16.6. The van der Waals surface area contributed by atoms with Gasteiger partial charge in [0, 0.05) is 16.6 Å². The van der Waals surface area contributed by atoms with Crippen LogP contribution in [0.1, 0.15) is 32.0 Å². The average Bonchev–Trinajstić information content (AvgIpc) is 2.85. The molecule has 0 aliphatic carbocycles. The molecule has 0 spiro atoms. The Labute approximate surface area is 154 Å². The fourth-order valence-corrected chi connectivity index (χ4v) is 4.04. The molecule has 0 aliphatic rings. The van der Waals surface area contributed by atoms with E-state index in [4.69, 9.17) is 0 Å². The number of H-pyrrole nitrogens is 1. The van der Waals surface area contributed by atoms with E-state index in [1.165, 1.54) is 6.33 Å². The number of hydrogen-bond donors (Lipinski definition) is 2. The number of aryl methyl sites for hydroxylation is 1. The van der Waals surface area contributed by atoms with Gasteiger partial charge in [-0.05, 0) is 46.8 Å². The van der Waals surface area contributed by atoms with Gasteiger partial charge in [0.15, 0.2) is 15.7 Å². The molecule has 2 heterocycles. The summed E-state index contributed by atoms with van der Waals surface area (Å²) in [6, 6.07) is 3.44. The summed E-state index contributed by atoms with van der Waals surface area (Å²) in [5.74, 6) is 1.18. The highest BCUT2D eigenvalue weighted by atomic mass is 32.2. The number of rotatable bonds is 3. The van der Waals surface area contributed by atoms with Crippen molar-refractivity contribution < 1.29 is 8.42 Å². The molecule has 7 nitrogen and oxygen atoms in total. The normalized spacial score (nSPS) is 12.5. The molecule has 0 aliphatic heterocycles. The molecule has 0 fully saturated rings. The van der Waals surface area contributed by atoms with Gasteiger partial charge in [0.1, 0.15) is 20.0 Å². The third kappa shape index (κ3) is 2.96. The van der Waals surface area contributed by atoms with Crippen molar-refractivity contribution in [3.05, 3.63) is 29.7 Å². The maximum Gasteiger partial charge on any atom is 0.182 e. The lowest BCUT2D eigenvalue weighted by Gasteiger charge is -2.21. The second kappa shape index (κ2) is 6.08. The number of aromatic amines is 1. The van der Waals surface area contributed by atoms with Crippen LogP contribution < -0.4 is 10.8 Å². The number of nitrogens with one attached hydrogen (secondary N) is 2. The molecule has 0 saturated heterocycles. The van der Waals surface area contributed by atoms with Crippen LogP contribution in [0.25, 0.3) is 10.9 Å². The average molecular weight is 371 g/mol. The van der Waals surface area contributed by atoms with Gasteiger partial charge in [-0.3, -0.25) is 5.10 Å². The topological polar surface area (TPSA) is 101 Å². The number of aromatic nitrogens is 4. The zero-order chi connectivity index (χ0) is 19.3. The van der Waals surface area contributed by atoms with Crippen LogP contribution in [0.5, 0.6) is 0 Å². The van der Waals surface area contributed by atoms with Crippen LogP contribution in [-0.4, -0.2) is 41.2 Å². The van der Waals surface area contributed by atoms with Gasteiger partial charge >= 0.3 is 0 Å². The van der Waals surface area contributed by atoms with Crippen molar-refractivity contribution in [2.45, 2.75) is 44.3 Å². The molecule has 2 aromatic heterocycles. The summed E-state index contributed by atoms with van der Waals surface area (Å²) in [5.41, 5.74) is 3.28. The predicted molar refractivity (Wildman–Crippen MR) is 106 cm³/mol. The van der Waals surface area contributed by atoms with E-state index < -0.39 is 14.6 Å². The zero-order valence-electron chi connectivity index (χ0n) is 15.8. The first-order valence-electron chi connectivity index (χ1n) is 8.31. The van der Waals surface area contributed by atoms with E-state index in [1.54, 1.807) is 40.8 Å². The first-order chi connectivity index (χ1) is 12.0. The second-order valence-corrected chi connectivity index (χ2v) is 10.1. The van der Waals surface area contributed by atoms with Crippen LogP contribution in [0, 0.1) is 13.8 Å². The van der Waals surface area contributed by atoms with Crippen molar-refractivity contribution >= 4 is 45.7 Å². The quantitative estimate of drug-likeness (QED) is 0.678. The number of hydrogen-bond acceptors (Lipinski definition) is 6. The largest absolute Gasteiger partial charge is 0.323 e. The monoisotopic (exact) mass is 371 g/mol. The smallest absolute Gasteiger partial charge is 0.182 e. The Morgan fingerprint density at radius 3 is 2.38 bits per heavy atom. The van der Waals surface area contributed by atoms with Crippen molar-refractivity contribution in [2.75, 3.05) is 5.32 Å². The lowest BCUT2D eigenvalue weighted by Crippen LogP contribution is -2.32. The molecule has 0 amide bonds. The summed E-state index contributed by atoms with van der Waals surface area (Å²) in [6.07, 6.45) is 1.46. The minimum atomic E-state index is -3.50. The van der Waals surface area contributed by atoms with E-state index in [0.717, 1.165) is 11.3 Å². The minimum Gasteiger partial charge on any atom is -0.323 e. The molecule has 3 aromatic rings. The molecule has 0 radical (unpaired) electrons. The van der Waals surface area contributed by atoms with Crippen LogP contribution in [0.15, 0.2) is 23.4 Å². The lowest BCUT2D eigenvalue weighted by molar-refractivity contribution is 0.561. The van der Waals surface area contributed by atoms with Crippen LogP contribution in [0.4, 0.5) is 11.6 Å². The Morgan fingerprint density at radius 2 is 1.81 bits per heavy atom. The van der Waals surface area contributed by atoms with Gasteiger partial charge in [-0.2, -0.15) is 5.10 Å². The molecule has 0 atom stereocenters. The van der Waals surface area contributed by atoms with Crippen molar-refractivity contribution in [2.24, 2.45) is 0 Å². The Morgan fingerprint density at radius 1 is 1.12 bits per heavy atom. The highest BCUT2D eigenvalue weighted by Crippen LogP contribution is 2.29. The summed E-state index contributed by atoms with van der Waals surface area (Å²) in [7, 11) is -1.71. The van der Waals surface area contributed by atoms with E-state index in [-0.39, 0.29) is 0 Å². The standard InChI is InChI=1S/C17H22BN5O2S/c1-9-10(2)22-23-15(9)21-16-11-6-14(26(24,25)17(3,4)5)12(18)7-13(11)19-8-20-16/h6-8H,18H2,1-5H3,(H2,19,20,21,22,23). The first-order valence-corrected chi connectivity index (χ1v) is 9.79. The highest BCUT2D eigenvalue weighted by Gasteiger charge is 2.32. The molecule has 2 N–H and O–H groups in total. The van der Waals surface area contributed by atoms with Crippen LogP contribution >= 0.6 is 0 Å². The molecule has 1 aromatic carbocycles. The summed E-state index contributed by atoms with van der Waals surface area (Å²) >= 11 is 0. The number of anilines is 2. The van der Waals surface area contributed by atoms with Crippen molar-refractivity contribution in [1.82, 2.24) is 20.2 Å². The van der Waals surface area contributed by atoms with Gasteiger partial charge in [-0.1, -0.05) is 5.46 Å². The number of fused-ring (bicyclic) bond motifs is 1. The minimum absolute atomic E-state index is 0.297. The maximum absolute atomic E-state index is 13.0. The molecular formula is C17H22BN5O2S. The van der Waals surface area contributed by atoms with E-state index in [9.17, 15) is 8.42 Å². The molecule has 0 saturated carbocycles. The van der Waals surface area contributed by atoms with Crippen LogP contribution in [0.3, 0.4) is 0 Å². The Kier molecular flexibility index (Phi) is 4.30. The van der Waals surface area contributed by atoms with Gasteiger partial charge in [0.05, 0.1) is 15.2 Å². The third-order valence-electron chi connectivity index (χ3n) is 4.52. The Bertz CT molecular complexity index is 1100. The Hall–Kier alpha value is -2.42. The molecule has 3 rings (SSSR count).